The van der Waals surface area contributed by atoms with Crippen molar-refractivity contribution in [1.29, 1.82) is 0 Å². The van der Waals surface area contributed by atoms with Gasteiger partial charge in [-0.25, -0.2) is 6.07 Å². The van der Waals surface area contributed by atoms with Gasteiger partial charge < -0.3 is 30.3 Å². The number of rotatable bonds is 3. The van der Waals surface area contributed by atoms with Gasteiger partial charge in [-0.1, -0.05) is 40.0 Å². The van der Waals surface area contributed by atoms with E-state index in [1.54, 1.807) is 16.7 Å². The average Bonchev–Trinajstić information content (AvgIpc) is 3.00. The van der Waals surface area contributed by atoms with E-state index in [9.17, 15) is 0 Å². The van der Waals surface area contributed by atoms with E-state index in [1.807, 2.05) is 30.3 Å². The summed E-state index contributed by atoms with van der Waals surface area (Å²) in [6, 6.07) is 14.6. The van der Waals surface area contributed by atoms with Crippen LogP contribution in [0, 0.1) is 0 Å². The second-order valence-electron chi connectivity index (χ2n) is 3.89. The van der Waals surface area contributed by atoms with Gasteiger partial charge in [-0.2, -0.15) is 22.8 Å². The smallest absolute Gasteiger partial charge is 0 e. The van der Waals surface area contributed by atoms with Crippen LogP contribution in [0.15, 0.2) is 42.5 Å². The monoisotopic (exact) mass is 270 g/mol. The van der Waals surface area contributed by atoms with Gasteiger partial charge in [0.2, 0.25) is 0 Å². The maximum atomic E-state index is 2.28. The molecule has 0 saturated carbocycles. The van der Waals surface area contributed by atoms with Crippen molar-refractivity contribution < 1.29 is 17.1 Å². The minimum absolute atomic E-state index is 0. The Hall–Kier alpha value is -0.781. The van der Waals surface area contributed by atoms with Gasteiger partial charge in [0.15, 0.2) is 0 Å². The van der Waals surface area contributed by atoms with Crippen LogP contribution in [-0.2, 0) is 36.3 Å². The van der Waals surface area contributed by atoms with E-state index in [2.05, 4.69) is 32.9 Å². The van der Waals surface area contributed by atoms with Crippen LogP contribution >= 0.6 is 0 Å². The Morgan fingerprint density at radius 2 is 1.47 bits per heavy atom. The minimum atomic E-state index is 0. The Labute approximate surface area is 116 Å². The fraction of sp³-hybridized carbons (Fsp3) is 0.375. The fourth-order valence-electron chi connectivity index (χ4n) is 2.05. The van der Waals surface area contributed by atoms with Gasteiger partial charge in [0.1, 0.15) is 0 Å². The van der Waals surface area contributed by atoms with E-state index in [4.69, 9.17) is 0 Å². The van der Waals surface area contributed by atoms with Crippen LogP contribution in [0.25, 0.3) is 0 Å². The summed E-state index contributed by atoms with van der Waals surface area (Å²) < 4.78 is 0. The van der Waals surface area contributed by atoms with E-state index >= 15 is 0 Å². The molecular weight excluding hydrogens is 248 g/mol. The zero-order valence-electron chi connectivity index (χ0n) is 11.0. The minimum Gasteiger partial charge on any atom is -0.748 e. The Bertz CT molecular complexity index is 329. The number of hydrogen-bond acceptors (Lipinski definition) is 0. The molecule has 2 aromatic carbocycles. The SMILES string of the molecule is CCc1cc[c-](CC)c1CC.[Fe].[cH-]1[cH-][cH-][cH-][cH-]1. The summed E-state index contributed by atoms with van der Waals surface area (Å²) in [5, 5.41) is 0. The van der Waals surface area contributed by atoms with Crippen molar-refractivity contribution in [3.8, 4) is 0 Å². The maximum Gasteiger partial charge on any atom is 0 e. The third-order valence-corrected chi connectivity index (χ3v) is 2.93. The summed E-state index contributed by atoms with van der Waals surface area (Å²) in [5.74, 6) is 0. The molecule has 0 aliphatic heterocycles. The van der Waals surface area contributed by atoms with E-state index in [0.717, 1.165) is 0 Å². The van der Waals surface area contributed by atoms with Crippen LogP contribution < -0.4 is 0 Å². The topological polar surface area (TPSA) is 0 Å². The van der Waals surface area contributed by atoms with Crippen molar-refractivity contribution in [3.63, 3.8) is 0 Å². The first-order chi connectivity index (χ1) is 7.83. The largest absolute Gasteiger partial charge is 0.748 e. The molecule has 100 valence electrons. The first kappa shape index (κ1) is 16.2. The van der Waals surface area contributed by atoms with Crippen LogP contribution in [-0.4, -0.2) is 0 Å². The zero-order valence-corrected chi connectivity index (χ0v) is 12.1. The van der Waals surface area contributed by atoms with Crippen molar-refractivity contribution in [2.75, 3.05) is 0 Å². The molecule has 0 radical (unpaired) electrons. The van der Waals surface area contributed by atoms with Crippen LogP contribution in [0.4, 0.5) is 0 Å². The summed E-state index contributed by atoms with van der Waals surface area (Å²) in [6.45, 7) is 6.70. The van der Waals surface area contributed by atoms with Gasteiger partial charge in [-0.15, -0.1) is 0 Å². The maximum absolute atomic E-state index is 2.28. The summed E-state index contributed by atoms with van der Waals surface area (Å²) in [4.78, 5) is 0. The molecule has 0 unspecified atom stereocenters. The van der Waals surface area contributed by atoms with Gasteiger partial charge >= 0.3 is 0 Å². The predicted octanol–water partition coefficient (Wildman–Crippen LogP) is 4.50. The molecule has 1 heteroatoms. The molecule has 2 rings (SSSR count). The van der Waals surface area contributed by atoms with E-state index in [0.29, 0.717) is 0 Å². The van der Waals surface area contributed by atoms with Crippen molar-refractivity contribution in [1.82, 2.24) is 0 Å². The van der Waals surface area contributed by atoms with E-state index in [1.165, 1.54) is 19.3 Å². The summed E-state index contributed by atoms with van der Waals surface area (Å²) in [6.07, 6.45) is 3.56. The van der Waals surface area contributed by atoms with Crippen molar-refractivity contribution >= 4 is 0 Å². The Balaban J connectivity index is 0.000000360. The van der Waals surface area contributed by atoms with Crippen LogP contribution in [0.2, 0.25) is 0 Å². The molecule has 2 aromatic rings. The van der Waals surface area contributed by atoms with Gasteiger partial charge in [0, 0.05) is 17.1 Å². The molecule has 0 aliphatic carbocycles. The second-order valence-corrected chi connectivity index (χ2v) is 3.89. The first-order valence-electron chi connectivity index (χ1n) is 6.26. The average molecular weight is 270 g/mol. The fourth-order valence-corrected chi connectivity index (χ4v) is 2.05. The molecule has 0 heterocycles. The predicted molar refractivity (Wildman–Crippen MR) is 72.2 cm³/mol. The van der Waals surface area contributed by atoms with Gasteiger partial charge in [0.25, 0.3) is 0 Å². The molecule has 0 N–H and O–H groups in total. The van der Waals surface area contributed by atoms with Crippen molar-refractivity contribution in [2.24, 2.45) is 0 Å². The molecular formula is C16H22Fe-6. The number of aryl methyl sites for hydroxylation is 2. The quantitative estimate of drug-likeness (QED) is 0.569. The standard InChI is InChI=1S/C11H17.C5H5.Fe/c1-4-9-7-8-10(5-2)11(9)6-3;1-2-4-5-3-1;/h7-8H,4-6H2,1-3H3;1-5H;/q-1;-5;. The van der Waals surface area contributed by atoms with Crippen LogP contribution in [0.5, 0.6) is 0 Å². The Morgan fingerprint density at radius 3 is 1.82 bits per heavy atom. The van der Waals surface area contributed by atoms with E-state index < -0.39 is 0 Å². The Morgan fingerprint density at radius 1 is 0.941 bits per heavy atom. The van der Waals surface area contributed by atoms with Crippen molar-refractivity contribution in [2.45, 2.75) is 40.0 Å². The molecule has 17 heavy (non-hydrogen) atoms. The molecule has 0 amide bonds. The summed E-state index contributed by atoms with van der Waals surface area (Å²) in [7, 11) is 0. The van der Waals surface area contributed by atoms with E-state index in [-0.39, 0.29) is 17.1 Å². The zero-order chi connectivity index (χ0) is 11.8. The normalized spacial score (nSPS) is 9.12. The third kappa shape index (κ3) is 4.93. The van der Waals surface area contributed by atoms with Gasteiger partial charge in [-0.3, -0.25) is 0 Å². The number of hydrogen-bond donors (Lipinski definition) is 0. The first-order valence-corrected chi connectivity index (χ1v) is 6.26. The van der Waals surface area contributed by atoms with Gasteiger partial charge in [0.05, 0.1) is 0 Å². The Kier molecular flexibility index (Phi) is 8.84. The third-order valence-electron chi connectivity index (χ3n) is 2.93. The molecule has 0 nitrogen and oxygen atoms in total. The summed E-state index contributed by atoms with van der Waals surface area (Å²) >= 11 is 0. The molecule has 0 saturated heterocycles. The second kappa shape index (κ2) is 9.27. The molecule has 0 aromatic heterocycles. The molecule has 0 fully saturated rings. The van der Waals surface area contributed by atoms with Gasteiger partial charge in [-0.05, 0) is 0 Å². The molecule has 0 atom stereocenters. The van der Waals surface area contributed by atoms with Crippen molar-refractivity contribution in [3.05, 3.63) is 59.2 Å². The molecule has 0 bridgehead atoms. The van der Waals surface area contributed by atoms with Crippen LogP contribution in [0.3, 0.4) is 0 Å². The molecule has 0 spiro atoms. The summed E-state index contributed by atoms with van der Waals surface area (Å²) in [5.41, 5.74) is 4.68. The van der Waals surface area contributed by atoms with Crippen LogP contribution in [0.1, 0.15) is 37.5 Å². The molecule has 0 aliphatic rings.